The summed E-state index contributed by atoms with van der Waals surface area (Å²) in [5, 5.41) is 5.49. The molecule has 0 bridgehead atoms. The van der Waals surface area contributed by atoms with E-state index in [0.717, 1.165) is 27.3 Å². The zero-order chi connectivity index (χ0) is 19.0. The number of ether oxygens (including phenoxy) is 1. The zero-order valence-electron chi connectivity index (χ0n) is 15.0. The molecule has 1 N–H and O–H groups in total. The highest BCUT2D eigenvalue weighted by molar-refractivity contribution is 7.10. The molecule has 3 aromatic rings. The van der Waals surface area contributed by atoms with Crippen molar-refractivity contribution in [1.82, 2.24) is 0 Å². The maximum atomic E-state index is 13.6. The number of benzene rings is 2. The third-order valence-corrected chi connectivity index (χ3v) is 6.21. The first-order valence-electron chi connectivity index (χ1n) is 8.75. The fraction of sp³-hybridized carbons (Fsp3) is 0.182. The Morgan fingerprint density at radius 2 is 1.89 bits per heavy atom. The van der Waals surface area contributed by atoms with Crippen LogP contribution in [0.5, 0.6) is 0 Å². The van der Waals surface area contributed by atoms with E-state index in [2.05, 4.69) is 36.7 Å². The average molecular weight is 400 g/mol. The van der Waals surface area contributed by atoms with Gasteiger partial charge in [-0.05, 0) is 46.8 Å². The van der Waals surface area contributed by atoms with Crippen molar-refractivity contribution in [2.45, 2.75) is 19.4 Å². The van der Waals surface area contributed by atoms with Gasteiger partial charge in [-0.15, -0.1) is 11.3 Å². The number of thiophene rings is 1. The normalized spacial score (nSPS) is 18.6. The Balaban J connectivity index is 1.94. The Bertz CT molecular complexity index is 1000. The molecule has 0 spiro atoms. The summed E-state index contributed by atoms with van der Waals surface area (Å²) in [6, 6.07) is 15.1. The van der Waals surface area contributed by atoms with Gasteiger partial charge in [0.25, 0.3) is 0 Å². The predicted octanol–water partition coefficient (Wildman–Crippen LogP) is 7.02. The fourth-order valence-electron chi connectivity index (χ4n) is 3.57. The van der Waals surface area contributed by atoms with Crippen molar-refractivity contribution in [2.75, 3.05) is 5.32 Å². The van der Waals surface area contributed by atoms with Gasteiger partial charge in [0.2, 0.25) is 0 Å². The van der Waals surface area contributed by atoms with Gasteiger partial charge in [0, 0.05) is 23.4 Å². The van der Waals surface area contributed by atoms with Gasteiger partial charge < -0.3 is 10.1 Å². The van der Waals surface area contributed by atoms with Crippen LogP contribution in [0.4, 0.5) is 10.1 Å². The van der Waals surface area contributed by atoms with Crippen molar-refractivity contribution in [1.29, 1.82) is 0 Å². The summed E-state index contributed by atoms with van der Waals surface area (Å²) < 4.78 is 19.9. The molecule has 0 saturated heterocycles. The molecule has 2 nitrogen and oxygen atoms in total. The largest absolute Gasteiger partial charge is 0.483 e. The molecule has 5 heteroatoms. The van der Waals surface area contributed by atoms with Gasteiger partial charge in [-0.2, -0.15) is 0 Å². The standard InChI is InChI=1S/C22H19ClFNOS/c1-14(2)22(21-4-3-11-27-21)17-12-15(6-8-20(17)25-9-10-26-22)16-5-7-19(24)18(23)13-16/h3-14,25H,1-2H3. The van der Waals surface area contributed by atoms with Gasteiger partial charge in [0.05, 0.1) is 9.90 Å². The predicted molar refractivity (Wildman–Crippen MR) is 111 cm³/mol. The maximum Gasteiger partial charge on any atom is 0.171 e. The monoisotopic (exact) mass is 399 g/mol. The lowest BCUT2D eigenvalue weighted by molar-refractivity contribution is 0.0187. The van der Waals surface area contributed by atoms with Gasteiger partial charge in [-0.1, -0.05) is 43.6 Å². The Hall–Kier alpha value is -2.30. The minimum Gasteiger partial charge on any atom is -0.483 e. The van der Waals surface area contributed by atoms with Crippen LogP contribution >= 0.6 is 22.9 Å². The smallest absolute Gasteiger partial charge is 0.171 e. The Morgan fingerprint density at radius 1 is 1.11 bits per heavy atom. The summed E-state index contributed by atoms with van der Waals surface area (Å²) in [5.74, 6) is -0.231. The molecule has 1 unspecified atom stereocenters. The van der Waals surface area contributed by atoms with Crippen molar-refractivity contribution >= 4 is 28.6 Å². The Labute approximate surface area is 167 Å². The van der Waals surface area contributed by atoms with Crippen molar-refractivity contribution in [2.24, 2.45) is 5.92 Å². The first-order chi connectivity index (χ1) is 13.0. The number of rotatable bonds is 3. The molecule has 1 aliphatic heterocycles. The van der Waals surface area contributed by atoms with Gasteiger partial charge in [0.15, 0.2) is 5.60 Å². The van der Waals surface area contributed by atoms with Crippen LogP contribution in [-0.4, -0.2) is 0 Å². The fourth-order valence-corrected chi connectivity index (χ4v) is 4.78. The van der Waals surface area contributed by atoms with E-state index in [1.807, 2.05) is 24.4 Å². The highest BCUT2D eigenvalue weighted by Gasteiger charge is 2.43. The molecular formula is C22H19ClFNOS. The summed E-state index contributed by atoms with van der Waals surface area (Å²) in [7, 11) is 0. The molecule has 2 aromatic carbocycles. The van der Waals surface area contributed by atoms with Crippen molar-refractivity contribution < 1.29 is 9.13 Å². The van der Waals surface area contributed by atoms with Gasteiger partial charge in [0.1, 0.15) is 12.1 Å². The molecule has 138 valence electrons. The van der Waals surface area contributed by atoms with Crippen molar-refractivity contribution in [3.05, 3.63) is 87.7 Å². The Morgan fingerprint density at radius 3 is 2.59 bits per heavy atom. The number of hydrogen-bond acceptors (Lipinski definition) is 3. The van der Waals surface area contributed by atoms with Crippen molar-refractivity contribution in [3.63, 3.8) is 0 Å². The quantitative estimate of drug-likeness (QED) is 0.510. The van der Waals surface area contributed by atoms with E-state index < -0.39 is 11.4 Å². The summed E-state index contributed by atoms with van der Waals surface area (Å²) in [6.45, 7) is 4.31. The van der Waals surface area contributed by atoms with E-state index in [-0.39, 0.29) is 10.9 Å². The summed E-state index contributed by atoms with van der Waals surface area (Å²) in [5.41, 5.74) is 3.25. The second-order valence-electron chi connectivity index (χ2n) is 6.82. The van der Waals surface area contributed by atoms with E-state index >= 15 is 0 Å². The third-order valence-electron chi connectivity index (χ3n) is 4.93. The highest BCUT2D eigenvalue weighted by Crippen LogP contribution is 2.47. The van der Waals surface area contributed by atoms with E-state index in [1.165, 1.54) is 6.07 Å². The van der Waals surface area contributed by atoms with E-state index in [9.17, 15) is 4.39 Å². The van der Waals surface area contributed by atoms with Gasteiger partial charge in [-0.25, -0.2) is 4.39 Å². The number of fused-ring (bicyclic) bond motifs is 1. The van der Waals surface area contributed by atoms with Crippen LogP contribution in [0.1, 0.15) is 24.3 Å². The second-order valence-corrected chi connectivity index (χ2v) is 8.18. The van der Waals surface area contributed by atoms with Gasteiger partial charge in [-0.3, -0.25) is 0 Å². The average Bonchev–Trinajstić information content (AvgIpc) is 3.12. The molecule has 2 heterocycles. The second kappa shape index (κ2) is 7.02. The van der Waals surface area contributed by atoms with Crippen LogP contribution < -0.4 is 5.32 Å². The van der Waals surface area contributed by atoms with Crippen LogP contribution in [0.25, 0.3) is 11.1 Å². The van der Waals surface area contributed by atoms with Crippen LogP contribution in [0.2, 0.25) is 5.02 Å². The molecule has 0 saturated carbocycles. The summed E-state index contributed by atoms with van der Waals surface area (Å²) >= 11 is 7.68. The SMILES string of the molecule is CC(C)C1(c2cccs2)OC=CNc2ccc(-c3ccc(F)c(Cl)c3)cc21. The van der Waals surface area contributed by atoms with Crippen molar-refractivity contribution in [3.8, 4) is 11.1 Å². The zero-order valence-corrected chi connectivity index (χ0v) is 16.6. The lowest BCUT2D eigenvalue weighted by Crippen LogP contribution is -2.34. The maximum absolute atomic E-state index is 13.6. The molecule has 1 atom stereocenters. The Kier molecular flexibility index (Phi) is 4.70. The van der Waals surface area contributed by atoms with Crippen LogP contribution in [0.15, 0.2) is 66.4 Å². The summed E-state index contributed by atoms with van der Waals surface area (Å²) in [4.78, 5) is 1.14. The van der Waals surface area contributed by atoms with Gasteiger partial charge >= 0.3 is 0 Å². The molecule has 1 aromatic heterocycles. The molecule has 4 rings (SSSR count). The minimum atomic E-state index is -0.608. The number of anilines is 1. The number of halogens is 2. The number of nitrogens with one attached hydrogen (secondary N) is 1. The van der Waals surface area contributed by atoms with E-state index in [1.54, 1.807) is 29.7 Å². The first-order valence-corrected chi connectivity index (χ1v) is 10.0. The molecule has 27 heavy (non-hydrogen) atoms. The summed E-state index contributed by atoms with van der Waals surface area (Å²) in [6.07, 6.45) is 3.53. The first kappa shape index (κ1) is 18.1. The lowest BCUT2D eigenvalue weighted by Gasteiger charge is -2.37. The molecule has 0 aliphatic carbocycles. The highest BCUT2D eigenvalue weighted by atomic mass is 35.5. The molecule has 0 radical (unpaired) electrons. The van der Waals surface area contributed by atoms with E-state index in [0.29, 0.717) is 0 Å². The number of hydrogen-bond donors (Lipinski definition) is 1. The van der Waals surface area contributed by atoms with E-state index in [4.69, 9.17) is 16.3 Å². The minimum absolute atomic E-state index is 0.117. The van der Waals surface area contributed by atoms with Crippen LogP contribution in [-0.2, 0) is 10.3 Å². The molecular weight excluding hydrogens is 381 g/mol. The molecule has 0 fully saturated rings. The lowest BCUT2D eigenvalue weighted by atomic mass is 9.80. The topological polar surface area (TPSA) is 21.3 Å². The van der Waals surface area contributed by atoms with Crippen LogP contribution in [0.3, 0.4) is 0 Å². The van der Waals surface area contributed by atoms with Crippen LogP contribution in [0, 0.1) is 11.7 Å². The molecule has 1 aliphatic rings. The molecule has 0 amide bonds. The third kappa shape index (κ3) is 3.03.